The normalized spacial score (nSPS) is 17.9. The molecule has 0 saturated carbocycles. The molecule has 1 atom stereocenters. The minimum Gasteiger partial charge on any atom is -0.468 e. The highest BCUT2D eigenvalue weighted by atomic mass is 19.4. The number of rotatable bonds is 9. The third-order valence-electron chi connectivity index (χ3n) is 4.73. The lowest BCUT2D eigenvalue weighted by atomic mass is 10.0. The quantitative estimate of drug-likeness (QED) is 0.621. The summed E-state index contributed by atoms with van der Waals surface area (Å²) in [5.41, 5.74) is 0.612. The number of pyridine rings is 1. The summed E-state index contributed by atoms with van der Waals surface area (Å²) in [6, 6.07) is 3.34. The number of alkyl halides is 3. The van der Waals surface area contributed by atoms with Crippen molar-refractivity contribution in [1.29, 1.82) is 0 Å². The fraction of sp³-hybridized carbons (Fsp3) is 0.684. The maximum atomic E-state index is 12.2. The van der Waals surface area contributed by atoms with Crippen molar-refractivity contribution in [2.24, 2.45) is 0 Å². The van der Waals surface area contributed by atoms with Gasteiger partial charge in [0.05, 0.1) is 0 Å². The third kappa shape index (κ3) is 8.77. The standard InChI is InChI=1S/C19H29F3N4O2/c1-15-6-2-4-10-26(15)11-5-3-8-24-18(27)25-13-16-7-9-23-17(12-16)28-14-19(20,21)22/h7,9,12,15H,2-6,8,10-11,13-14H2,1H3,(H2,24,25,27). The van der Waals surface area contributed by atoms with E-state index in [4.69, 9.17) is 0 Å². The van der Waals surface area contributed by atoms with Crippen LogP contribution in [0.2, 0.25) is 0 Å². The van der Waals surface area contributed by atoms with Crippen molar-refractivity contribution in [3.8, 4) is 5.88 Å². The minimum atomic E-state index is -4.41. The number of nitrogens with one attached hydrogen (secondary N) is 2. The number of nitrogens with zero attached hydrogens (tertiary/aromatic N) is 2. The molecule has 2 amide bonds. The third-order valence-corrected chi connectivity index (χ3v) is 4.73. The number of likely N-dealkylation sites (tertiary alicyclic amines) is 1. The van der Waals surface area contributed by atoms with E-state index in [1.54, 1.807) is 6.07 Å². The first-order valence-electron chi connectivity index (χ1n) is 9.74. The second-order valence-electron chi connectivity index (χ2n) is 7.10. The molecular formula is C19H29F3N4O2. The molecule has 0 aromatic carbocycles. The first-order valence-corrected chi connectivity index (χ1v) is 9.74. The van der Waals surface area contributed by atoms with Crippen LogP contribution in [0.1, 0.15) is 44.6 Å². The number of amides is 2. The number of aromatic nitrogens is 1. The van der Waals surface area contributed by atoms with Crippen LogP contribution in [0.15, 0.2) is 18.3 Å². The van der Waals surface area contributed by atoms with Crippen LogP contribution in [0, 0.1) is 0 Å². The van der Waals surface area contributed by atoms with Gasteiger partial charge in [0.15, 0.2) is 6.61 Å². The number of ether oxygens (including phenoxy) is 1. The van der Waals surface area contributed by atoms with Crippen molar-refractivity contribution in [2.75, 3.05) is 26.2 Å². The van der Waals surface area contributed by atoms with Gasteiger partial charge in [-0.05, 0) is 57.3 Å². The lowest BCUT2D eigenvalue weighted by Crippen LogP contribution is -2.38. The van der Waals surface area contributed by atoms with Crippen LogP contribution in [-0.4, -0.2) is 54.4 Å². The summed E-state index contributed by atoms with van der Waals surface area (Å²) < 4.78 is 41.1. The van der Waals surface area contributed by atoms with E-state index in [-0.39, 0.29) is 18.5 Å². The number of carbonyl (C=O) groups is 1. The van der Waals surface area contributed by atoms with Crippen LogP contribution in [-0.2, 0) is 6.54 Å². The topological polar surface area (TPSA) is 66.5 Å². The predicted octanol–water partition coefficient (Wildman–Crippen LogP) is 3.48. The zero-order chi connectivity index (χ0) is 20.4. The number of urea groups is 1. The van der Waals surface area contributed by atoms with Crippen LogP contribution in [0.5, 0.6) is 5.88 Å². The highest BCUT2D eigenvalue weighted by molar-refractivity contribution is 5.73. The Morgan fingerprint density at radius 2 is 2.14 bits per heavy atom. The van der Waals surface area contributed by atoms with Crippen molar-refractivity contribution in [2.45, 2.75) is 57.8 Å². The van der Waals surface area contributed by atoms with E-state index in [1.165, 1.54) is 31.5 Å². The van der Waals surface area contributed by atoms with Crippen molar-refractivity contribution >= 4 is 6.03 Å². The maximum absolute atomic E-state index is 12.2. The molecule has 158 valence electrons. The second-order valence-corrected chi connectivity index (χ2v) is 7.10. The zero-order valence-corrected chi connectivity index (χ0v) is 16.2. The van der Waals surface area contributed by atoms with E-state index in [1.807, 2.05) is 0 Å². The Morgan fingerprint density at radius 3 is 2.89 bits per heavy atom. The molecule has 0 aliphatic carbocycles. The summed E-state index contributed by atoms with van der Waals surface area (Å²) in [6.45, 7) is 3.86. The minimum absolute atomic E-state index is 0.121. The first kappa shape index (κ1) is 22.3. The van der Waals surface area contributed by atoms with Gasteiger partial charge in [0, 0.05) is 31.4 Å². The van der Waals surface area contributed by atoms with Crippen LogP contribution in [0.4, 0.5) is 18.0 Å². The molecule has 28 heavy (non-hydrogen) atoms. The number of piperidine rings is 1. The van der Waals surface area contributed by atoms with E-state index in [0.29, 0.717) is 18.2 Å². The van der Waals surface area contributed by atoms with Crippen LogP contribution in [0.3, 0.4) is 0 Å². The number of hydrogen-bond acceptors (Lipinski definition) is 4. The molecule has 0 bridgehead atoms. The fourth-order valence-electron chi connectivity index (χ4n) is 3.17. The Labute approximate surface area is 163 Å². The molecule has 6 nitrogen and oxygen atoms in total. The lowest BCUT2D eigenvalue weighted by Gasteiger charge is -2.33. The Morgan fingerprint density at radius 1 is 1.32 bits per heavy atom. The van der Waals surface area contributed by atoms with Gasteiger partial charge in [0.2, 0.25) is 5.88 Å². The number of carbonyl (C=O) groups excluding carboxylic acids is 1. The number of unbranched alkanes of at least 4 members (excludes halogenated alkanes) is 1. The van der Waals surface area contributed by atoms with Crippen molar-refractivity contribution in [1.82, 2.24) is 20.5 Å². The summed E-state index contributed by atoms with van der Waals surface area (Å²) >= 11 is 0. The Kier molecular flexibility index (Phi) is 8.82. The first-order chi connectivity index (χ1) is 13.3. The van der Waals surface area contributed by atoms with Gasteiger partial charge >= 0.3 is 12.2 Å². The molecule has 1 unspecified atom stereocenters. The highest BCUT2D eigenvalue weighted by Gasteiger charge is 2.28. The second kappa shape index (κ2) is 11.1. The van der Waals surface area contributed by atoms with Crippen LogP contribution >= 0.6 is 0 Å². The molecule has 2 heterocycles. The van der Waals surface area contributed by atoms with Crippen molar-refractivity contribution in [3.05, 3.63) is 23.9 Å². The molecule has 1 aromatic rings. The highest BCUT2D eigenvalue weighted by Crippen LogP contribution is 2.18. The van der Waals surface area contributed by atoms with Gasteiger partial charge in [0.25, 0.3) is 0 Å². The molecular weight excluding hydrogens is 373 g/mol. The van der Waals surface area contributed by atoms with Gasteiger partial charge in [-0.25, -0.2) is 9.78 Å². The molecule has 0 spiro atoms. The molecule has 1 aliphatic heterocycles. The number of halogens is 3. The Balaban J connectivity index is 1.59. The fourth-order valence-corrected chi connectivity index (χ4v) is 3.17. The average molecular weight is 402 g/mol. The van der Waals surface area contributed by atoms with Crippen LogP contribution < -0.4 is 15.4 Å². The Bertz CT molecular complexity index is 613. The predicted molar refractivity (Wildman–Crippen MR) is 100 cm³/mol. The van der Waals surface area contributed by atoms with E-state index in [0.717, 1.165) is 25.9 Å². The molecule has 0 radical (unpaired) electrons. The molecule has 1 aromatic heterocycles. The monoisotopic (exact) mass is 402 g/mol. The van der Waals surface area contributed by atoms with E-state index in [2.05, 4.69) is 32.2 Å². The van der Waals surface area contributed by atoms with Gasteiger partial charge in [-0.2, -0.15) is 13.2 Å². The van der Waals surface area contributed by atoms with E-state index >= 15 is 0 Å². The summed E-state index contributed by atoms with van der Waals surface area (Å²) in [4.78, 5) is 18.1. The largest absolute Gasteiger partial charge is 0.468 e. The molecule has 1 saturated heterocycles. The smallest absolute Gasteiger partial charge is 0.422 e. The maximum Gasteiger partial charge on any atom is 0.422 e. The van der Waals surface area contributed by atoms with E-state index < -0.39 is 12.8 Å². The van der Waals surface area contributed by atoms with Gasteiger partial charge < -0.3 is 20.3 Å². The van der Waals surface area contributed by atoms with E-state index in [9.17, 15) is 18.0 Å². The molecule has 1 aliphatic rings. The van der Waals surface area contributed by atoms with Gasteiger partial charge in [0.1, 0.15) is 0 Å². The van der Waals surface area contributed by atoms with Gasteiger partial charge in [-0.15, -0.1) is 0 Å². The van der Waals surface area contributed by atoms with Crippen molar-refractivity contribution in [3.63, 3.8) is 0 Å². The number of hydrogen-bond donors (Lipinski definition) is 2. The molecule has 2 N–H and O–H groups in total. The molecule has 2 rings (SSSR count). The SMILES string of the molecule is CC1CCCCN1CCCCNC(=O)NCc1ccnc(OCC(F)(F)F)c1. The molecule has 1 fully saturated rings. The van der Waals surface area contributed by atoms with Gasteiger partial charge in [-0.1, -0.05) is 6.42 Å². The van der Waals surface area contributed by atoms with Crippen molar-refractivity contribution < 1.29 is 22.7 Å². The average Bonchev–Trinajstić information content (AvgIpc) is 2.66. The van der Waals surface area contributed by atoms with Gasteiger partial charge in [-0.3, -0.25) is 0 Å². The summed E-state index contributed by atoms with van der Waals surface area (Å²) in [5, 5.41) is 5.48. The summed E-state index contributed by atoms with van der Waals surface area (Å²) in [7, 11) is 0. The Hall–Kier alpha value is -2.03. The zero-order valence-electron chi connectivity index (χ0n) is 16.2. The summed E-state index contributed by atoms with van der Waals surface area (Å²) in [5.74, 6) is -0.121. The molecule has 9 heteroatoms. The lowest BCUT2D eigenvalue weighted by molar-refractivity contribution is -0.154. The summed E-state index contributed by atoms with van der Waals surface area (Å²) in [6.07, 6.45) is 2.72. The van der Waals surface area contributed by atoms with Crippen LogP contribution in [0.25, 0.3) is 0 Å².